The third-order valence-electron chi connectivity index (χ3n) is 4.41. The zero-order chi connectivity index (χ0) is 20.3. The van der Waals surface area contributed by atoms with Crippen molar-refractivity contribution < 1.29 is 19.0 Å². The van der Waals surface area contributed by atoms with E-state index in [-0.39, 0.29) is 16.9 Å². The van der Waals surface area contributed by atoms with Gasteiger partial charge in [0.2, 0.25) is 0 Å². The predicted molar refractivity (Wildman–Crippen MR) is 105 cm³/mol. The summed E-state index contributed by atoms with van der Waals surface area (Å²) < 4.78 is 17.0. The molecule has 28 heavy (non-hydrogen) atoms. The van der Waals surface area contributed by atoms with Crippen LogP contribution in [0.15, 0.2) is 48.7 Å². The third kappa shape index (κ3) is 3.23. The highest BCUT2D eigenvalue weighted by Crippen LogP contribution is 2.34. The topological polar surface area (TPSA) is 99.5 Å². The fourth-order valence-electron chi connectivity index (χ4n) is 2.96. The number of nitrogen functional groups attached to an aromatic ring is 1. The summed E-state index contributed by atoms with van der Waals surface area (Å²) in [6.45, 7) is 0. The molecule has 1 heterocycles. The van der Waals surface area contributed by atoms with Crippen molar-refractivity contribution in [2.24, 2.45) is 0 Å². The lowest BCUT2D eigenvalue weighted by molar-refractivity contribution is 0.0593. The molecule has 0 bridgehead atoms. The van der Waals surface area contributed by atoms with Crippen LogP contribution >= 0.6 is 0 Å². The first-order chi connectivity index (χ1) is 13.5. The molecule has 0 spiro atoms. The van der Waals surface area contributed by atoms with Crippen molar-refractivity contribution in [3.63, 3.8) is 0 Å². The van der Waals surface area contributed by atoms with Gasteiger partial charge in [-0.15, -0.1) is 0 Å². The number of esters is 1. The number of nitriles is 1. The summed E-state index contributed by atoms with van der Waals surface area (Å²) in [6.07, 6.45) is 1.52. The minimum Gasteiger partial charge on any atom is -0.497 e. The van der Waals surface area contributed by atoms with Crippen LogP contribution in [0.3, 0.4) is 0 Å². The molecule has 3 aromatic rings. The Bertz CT molecular complexity index is 1060. The predicted octanol–water partition coefficient (Wildman–Crippen LogP) is 3.40. The average molecular weight is 377 g/mol. The normalized spacial score (nSPS) is 10.2. The fourth-order valence-corrected chi connectivity index (χ4v) is 2.96. The molecule has 0 aliphatic heterocycles. The minimum absolute atomic E-state index is 0.0928. The van der Waals surface area contributed by atoms with Crippen LogP contribution in [0, 0.1) is 11.3 Å². The zero-order valence-corrected chi connectivity index (χ0v) is 15.7. The molecule has 0 radical (unpaired) electrons. The van der Waals surface area contributed by atoms with E-state index in [2.05, 4.69) is 0 Å². The van der Waals surface area contributed by atoms with E-state index in [9.17, 15) is 10.1 Å². The molecule has 142 valence electrons. The van der Waals surface area contributed by atoms with Crippen LogP contribution in [-0.2, 0) is 4.74 Å². The molecule has 3 rings (SSSR count). The molecule has 2 aromatic carbocycles. The van der Waals surface area contributed by atoms with Gasteiger partial charge in [-0.1, -0.05) is 12.1 Å². The number of benzene rings is 2. The number of carbonyl (C=O) groups excluding carboxylic acids is 1. The molecule has 7 nitrogen and oxygen atoms in total. The molecule has 0 fully saturated rings. The quantitative estimate of drug-likeness (QED) is 0.684. The van der Waals surface area contributed by atoms with Crippen molar-refractivity contribution in [3.8, 4) is 34.4 Å². The van der Waals surface area contributed by atoms with E-state index in [0.717, 1.165) is 11.1 Å². The average Bonchev–Trinajstić information content (AvgIpc) is 3.09. The molecular formula is C21H19N3O4. The molecule has 0 atom stereocenters. The first-order valence-corrected chi connectivity index (χ1v) is 8.36. The summed E-state index contributed by atoms with van der Waals surface area (Å²) in [5.74, 6) is 0.769. The SMILES string of the molecule is COC(=O)c1c(N)c(C#N)cn1-c1ccc(-c2ccc(OC)cc2OC)cc1. The van der Waals surface area contributed by atoms with Crippen LogP contribution in [0.4, 0.5) is 5.69 Å². The molecule has 0 aliphatic rings. The molecule has 0 unspecified atom stereocenters. The first kappa shape index (κ1) is 18.9. The van der Waals surface area contributed by atoms with Gasteiger partial charge in [0.25, 0.3) is 0 Å². The summed E-state index contributed by atoms with van der Waals surface area (Å²) >= 11 is 0. The van der Waals surface area contributed by atoms with Crippen LogP contribution < -0.4 is 15.2 Å². The Morgan fingerprint density at radius 3 is 2.36 bits per heavy atom. The molecule has 0 amide bonds. The van der Waals surface area contributed by atoms with Crippen LogP contribution in [0.1, 0.15) is 16.1 Å². The van der Waals surface area contributed by atoms with E-state index in [1.54, 1.807) is 18.8 Å². The molecule has 0 saturated carbocycles. The van der Waals surface area contributed by atoms with E-state index in [1.807, 2.05) is 48.5 Å². The number of rotatable bonds is 5. The first-order valence-electron chi connectivity index (χ1n) is 8.36. The van der Waals surface area contributed by atoms with Crippen LogP contribution in [0.5, 0.6) is 11.5 Å². The molecular weight excluding hydrogens is 358 g/mol. The van der Waals surface area contributed by atoms with Gasteiger partial charge in [0, 0.05) is 23.5 Å². The van der Waals surface area contributed by atoms with Gasteiger partial charge in [-0.2, -0.15) is 5.26 Å². The number of anilines is 1. The van der Waals surface area contributed by atoms with Gasteiger partial charge in [0.1, 0.15) is 17.6 Å². The molecule has 2 N–H and O–H groups in total. The van der Waals surface area contributed by atoms with Crippen LogP contribution in [0.25, 0.3) is 16.8 Å². The Labute approximate surface area is 162 Å². The van der Waals surface area contributed by atoms with E-state index >= 15 is 0 Å². The Kier molecular flexibility index (Phi) is 5.23. The van der Waals surface area contributed by atoms with Gasteiger partial charge >= 0.3 is 5.97 Å². The lowest BCUT2D eigenvalue weighted by Gasteiger charge is -2.12. The summed E-state index contributed by atoms with van der Waals surface area (Å²) in [6, 6.07) is 15.0. The van der Waals surface area contributed by atoms with Gasteiger partial charge in [-0.3, -0.25) is 0 Å². The highest BCUT2D eigenvalue weighted by molar-refractivity contribution is 5.96. The Hall–Kier alpha value is -3.92. The van der Waals surface area contributed by atoms with E-state index in [4.69, 9.17) is 19.9 Å². The standard InChI is InChI=1S/C21H19N3O4/c1-26-16-8-9-17(18(10-16)27-2)13-4-6-15(7-5-13)24-12-14(11-22)19(23)20(24)21(25)28-3/h4-10,12H,23H2,1-3H3. The van der Waals surface area contributed by atoms with Gasteiger partial charge < -0.3 is 24.5 Å². The van der Waals surface area contributed by atoms with Gasteiger partial charge in [-0.05, 0) is 29.8 Å². The largest absolute Gasteiger partial charge is 0.497 e. The van der Waals surface area contributed by atoms with Crippen LogP contribution in [-0.4, -0.2) is 31.9 Å². The van der Waals surface area contributed by atoms with E-state index in [1.165, 1.54) is 13.3 Å². The molecule has 7 heteroatoms. The number of ether oxygens (including phenoxy) is 3. The third-order valence-corrected chi connectivity index (χ3v) is 4.41. The van der Waals surface area contributed by atoms with Crippen molar-refractivity contribution in [3.05, 3.63) is 59.9 Å². The van der Waals surface area contributed by atoms with E-state index < -0.39 is 5.97 Å². The highest BCUT2D eigenvalue weighted by atomic mass is 16.5. The highest BCUT2D eigenvalue weighted by Gasteiger charge is 2.21. The van der Waals surface area contributed by atoms with Crippen molar-refractivity contribution in [2.45, 2.75) is 0 Å². The van der Waals surface area contributed by atoms with Crippen molar-refractivity contribution >= 4 is 11.7 Å². The fraction of sp³-hybridized carbons (Fsp3) is 0.143. The number of nitrogens with zero attached hydrogens (tertiary/aromatic N) is 2. The number of methoxy groups -OCH3 is 3. The maximum Gasteiger partial charge on any atom is 0.357 e. The minimum atomic E-state index is -0.611. The monoisotopic (exact) mass is 377 g/mol. The number of carbonyl (C=O) groups is 1. The maximum absolute atomic E-state index is 12.1. The smallest absolute Gasteiger partial charge is 0.357 e. The number of nitrogens with two attached hydrogens (primary N) is 1. The molecule has 1 aromatic heterocycles. The second-order valence-corrected chi connectivity index (χ2v) is 5.89. The molecule has 0 aliphatic carbocycles. The maximum atomic E-state index is 12.1. The zero-order valence-electron chi connectivity index (χ0n) is 15.7. The van der Waals surface area contributed by atoms with Gasteiger partial charge in [0.15, 0.2) is 5.69 Å². The number of hydrogen-bond acceptors (Lipinski definition) is 6. The second-order valence-electron chi connectivity index (χ2n) is 5.89. The lowest BCUT2D eigenvalue weighted by atomic mass is 10.0. The Morgan fingerprint density at radius 2 is 1.79 bits per heavy atom. The lowest BCUT2D eigenvalue weighted by Crippen LogP contribution is -2.11. The Balaban J connectivity index is 2.05. The van der Waals surface area contributed by atoms with Crippen LogP contribution in [0.2, 0.25) is 0 Å². The summed E-state index contributed by atoms with van der Waals surface area (Å²) in [5.41, 5.74) is 8.85. The van der Waals surface area contributed by atoms with Gasteiger partial charge in [-0.25, -0.2) is 4.79 Å². The van der Waals surface area contributed by atoms with Crippen molar-refractivity contribution in [2.75, 3.05) is 27.1 Å². The van der Waals surface area contributed by atoms with E-state index in [0.29, 0.717) is 17.2 Å². The van der Waals surface area contributed by atoms with Crippen molar-refractivity contribution in [1.82, 2.24) is 4.57 Å². The molecule has 0 saturated heterocycles. The number of aromatic nitrogens is 1. The summed E-state index contributed by atoms with van der Waals surface area (Å²) in [5, 5.41) is 9.23. The summed E-state index contributed by atoms with van der Waals surface area (Å²) in [7, 11) is 4.46. The number of hydrogen-bond donors (Lipinski definition) is 1. The van der Waals surface area contributed by atoms with Crippen molar-refractivity contribution in [1.29, 1.82) is 5.26 Å². The second kappa shape index (κ2) is 7.76. The van der Waals surface area contributed by atoms with Gasteiger partial charge in [0.05, 0.1) is 32.6 Å². The Morgan fingerprint density at radius 1 is 1.07 bits per heavy atom. The summed E-state index contributed by atoms with van der Waals surface area (Å²) in [4.78, 5) is 12.1.